The maximum Gasteiger partial charge on any atom is 0.291 e. The van der Waals surface area contributed by atoms with Crippen LogP contribution in [0.2, 0.25) is 0 Å². The molecule has 1 aliphatic rings. The van der Waals surface area contributed by atoms with Crippen LogP contribution in [0.4, 0.5) is 14.5 Å². The molecular weight excluding hydrogens is 552 g/mol. The molecule has 9 nitrogen and oxygen atoms in total. The lowest BCUT2D eigenvalue weighted by atomic mass is 10.0. The number of fused-ring (bicyclic) bond motifs is 2. The minimum absolute atomic E-state index is 0.0245. The molecule has 0 bridgehead atoms. The van der Waals surface area contributed by atoms with E-state index >= 15 is 0 Å². The molecule has 2 amide bonds. The maximum absolute atomic E-state index is 13.8. The minimum Gasteiger partial charge on any atom is -0.486 e. The lowest BCUT2D eigenvalue weighted by Crippen LogP contribution is -2.16. The number of hydrogen-bond acceptors (Lipinski definition) is 7. The smallest absolute Gasteiger partial charge is 0.291 e. The van der Waals surface area contributed by atoms with Crippen LogP contribution in [-0.4, -0.2) is 26.6 Å². The zero-order chi connectivity index (χ0) is 28.8. The van der Waals surface area contributed by atoms with Crippen molar-refractivity contribution < 1.29 is 27.5 Å². The van der Waals surface area contributed by atoms with Gasteiger partial charge in [0.2, 0.25) is 0 Å². The monoisotopic (exact) mass is 577 g/mol. The van der Waals surface area contributed by atoms with Gasteiger partial charge in [-0.15, -0.1) is 11.3 Å². The second-order valence-corrected chi connectivity index (χ2v) is 10.8. The number of rotatable bonds is 8. The highest BCUT2D eigenvalue weighted by atomic mass is 32.1. The first kappa shape index (κ1) is 26.6. The molecule has 0 saturated heterocycles. The number of amides is 2. The zero-order valence-corrected chi connectivity index (χ0v) is 23.0. The lowest BCUT2D eigenvalue weighted by molar-refractivity contribution is 0.0992. The molecule has 12 heteroatoms. The maximum atomic E-state index is 13.8. The number of alkyl halides is 2. The molecule has 0 aliphatic heterocycles. The van der Waals surface area contributed by atoms with Gasteiger partial charge in [0.1, 0.15) is 33.5 Å². The molecule has 41 heavy (non-hydrogen) atoms. The van der Waals surface area contributed by atoms with Gasteiger partial charge in [-0.25, -0.2) is 13.8 Å². The average molecular weight is 578 g/mol. The summed E-state index contributed by atoms with van der Waals surface area (Å²) < 4.78 is 40.7. The van der Waals surface area contributed by atoms with Crippen LogP contribution < -0.4 is 15.8 Å². The number of ether oxygens (including phenoxy) is 1. The summed E-state index contributed by atoms with van der Waals surface area (Å²) in [6.45, 7) is 1.90. The Morgan fingerprint density at radius 3 is 2.71 bits per heavy atom. The van der Waals surface area contributed by atoms with E-state index < -0.39 is 23.9 Å². The third kappa shape index (κ3) is 4.95. The van der Waals surface area contributed by atoms with Crippen molar-refractivity contribution in [2.75, 3.05) is 5.32 Å². The predicted octanol–water partition coefficient (Wildman–Crippen LogP) is 5.95. The highest BCUT2D eigenvalue weighted by molar-refractivity contribution is 7.21. The number of nitrogens with two attached hydrogens (primary N) is 1. The van der Waals surface area contributed by atoms with Crippen molar-refractivity contribution in [1.82, 2.24) is 14.8 Å². The molecule has 5 aromatic rings. The summed E-state index contributed by atoms with van der Waals surface area (Å²) >= 11 is 0.830. The van der Waals surface area contributed by atoms with E-state index in [2.05, 4.69) is 21.5 Å². The Hall–Kier alpha value is -4.58. The van der Waals surface area contributed by atoms with E-state index in [-0.39, 0.29) is 27.8 Å². The first-order valence-corrected chi connectivity index (χ1v) is 13.7. The number of anilines is 1. The van der Waals surface area contributed by atoms with Gasteiger partial charge in [0, 0.05) is 23.7 Å². The van der Waals surface area contributed by atoms with Crippen molar-refractivity contribution >= 4 is 39.1 Å². The van der Waals surface area contributed by atoms with Crippen LogP contribution in [-0.2, 0) is 26.5 Å². The summed E-state index contributed by atoms with van der Waals surface area (Å²) in [5.74, 6) is -0.362. The van der Waals surface area contributed by atoms with Crippen LogP contribution in [0.3, 0.4) is 0 Å². The molecule has 0 spiro atoms. The molecular formula is C29H25F2N5O4S. The number of furan rings is 1. The SMILES string of the molecule is Cc1c(-c2cc(C(F)F)nc3sc(C(N)=O)c(NC(=O)c4ccc(COc5ccc6c(c5)CCC6)o4)c23)cnn1C. The number of carbonyl (C=O) groups excluding carboxylic acids is 2. The number of aromatic nitrogens is 3. The van der Waals surface area contributed by atoms with Crippen LogP contribution in [0, 0.1) is 6.92 Å². The van der Waals surface area contributed by atoms with Crippen molar-refractivity contribution in [2.45, 2.75) is 39.2 Å². The topological polar surface area (TPSA) is 125 Å². The third-order valence-corrected chi connectivity index (χ3v) is 8.33. The summed E-state index contributed by atoms with van der Waals surface area (Å²) in [7, 11) is 1.72. The number of aryl methyl sites for hydroxylation is 3. The average Bonchev–Trinajstić information content (AvgIpc) is 3.74. The molecule has 4 aromatic heterocycles. The fraction of sp³-hybridized carbons (Fsp3) is 0.241. The Morgan fingerprint density at radius 2 is 1.98 bits per heavy atom. The largest absolute Gasteiger partial charge is 0.486 e. The summed E-state index contributed by atoms with van der Waals surface area (Å²) in [6.07, 6.45) is 1.93. The highest BCUT2D eigenvalue weighted by Crippen LogP contribution is 2.43. The van der Waals surface area contributed by atoms with Crippen molar-refractivity contribution in [1.29, 1.82) is 0 Å². The summed E-state index contributed by atoms with van der Waals surface area (Å²) in [6, 6.07) is 10.4. The fourth-order valence-corrected chi connectivity index (χ4v) is 6.06. The van der Waals surface area contributed by atoms with Gasteiger partial charge in [0.25, 0.3) is 18.2 Å². The van der Waals surface area contributed by atoms with Crippen molar-refractivity contribution in [3.05, 3.63) is 81.5 Å². The number of benzene rings is 1. The Balaban J connectivity index is 1.31. The van der Waals surface area contributed by atoms with E-state index in [1.165, 1.54) is 29.5 Å². The minimum atomic E-state index is -2.85. The fourth-order valence-electron chi connectivity index (χ4n) is 5.04. The van der Waals surface area contributed by atoms with E-state index in [1.54, 1.807) is 24.7 Å². The molecule has 6 rings (SSSR count). The first-order valence-electron chi connectivity index (χ1n) is 12.9. The van der Waals surface area contributed by atoms with Crippen LogP contribution >= 0.6 is 11.3 Å². The van der Waals surface area contributed by atoms with Crippen LogP contribution in [0.25, 0.3) is 21.3 Å². The number of primary amides is 1. The van der Waals surface area contributed by atoms with Gasteiger partial charge in [0.15, 0.2) is 5.76 Å². The lowest BCUT2D eigenvalue weighted by Gasteiger charge is -2.10. The van der Waals surface area contributed by atoms with Gasteiger partial charge in [-0.2, -0.15) is 5.10 Å². The molecule has 4 heterocycles. The highest BCUT2D eigenvalue weighted by Gasteiger charge is 2.27. The molecule has 0 unspecified atom stereocenters. The number of nitrogens with one attached hydrogen (secondary N) is 1. The van der Waals surface area contributed by atoms with E-state index in [0.29, 0.717) is 28.0 Å². The first-order chi connectivity index (χ1) is 19.7. The van der Waals surface area contributed by atoms with Gasteiger partial charge in [-0.1, -0.05) is 6.07 Å². The molecule has 0 radical (unpaired) electrons. The second-order valence-electron chi connectivity index (χ2n) is 9.81. The van der Waals surface area contributed by atoms with Crippen molar-refractivity contribution in [2.24, 2.45) is 12.8 Å². The van der Waals surface area contributed by atoms with Crippen molar-refractivity contribution in [3.63, 3.8) is 0 Å². The summed E-state index contributed by atoms with van der Waals surface area (Å²) in [5, 5.41) is 7.24. The number of carbonyl (C=O) groups is 2. The zero-order valence-electron chi connectivity index (χ0n) is 22.2. The van der Waals surface area contributed by atoms with E-state index in [4.69, 9.17) is 14.9 Å². The normalized spacial score (nSPS) is 12.7. The molecule has 0 fully saturated rings. The van der Waals surface area contributed by atoms with Gasteiger partial charge in [-0.3, -0.25) is 14.3 Å². The predicted molar refractivity (Wildman–Crippen MR) is 149 cm³/mol. The molecule has 0 saturated carbocycles. The van der Waals surface area contributed by atoms with Gasteiger partial charge >= 0.3 is 0 Å². The molecule has 0 atom stereocenters. The molecule has 1 aromatic carbocycles. The van der Waals surface area contributed by atoms with E-state index in [0.717, 1.165) is 36.3 Å². The number of pyridine rings is 1. The Labute approximate surface area is 236 Å². The quantitative estimate of drug-likeness (QED) is 0.235. The number of halogens is 2. The molecule has 1 aliphatic carbocycles. The van der Waals surface area contributed by atoms with Crippen LogP contribution in [0.15, 0.2) is 47.0 Å². The Bertz CT molecular complexity index is 1820. The van der Waals surface area contributed by atoms with Gasteiger partial charge < -0.3 is 20.2 Å². The number of nitrogens with zero attached hydrogens (tertiary/aromatic N) is 3. The summed E-state index contributed by atoms with van der Waals surface area (Å²) in [5.41, 5.74) is 9.45. The summed E-state index contributed by atoms with van der Waals surface area (Å²) in [4.78, 5) is 29.8. The second kappa shape index (κ2) is 10.4. The number of hydrogen-bond donors (Lipinski definition) is 2. The Kier molecular flexibility index (Phi) is 6.78. The Morgan fingerprint density at radius 1 is 1.17 bits per heavy atom. The van der Waals surface area contributed by atoms with Gasteiger partial charge in [0.05, 0.1) is 11.9 Å². The van der Waals surface area contributed by atoms with Crippen LogP contribution in [0.1, 0.15) is 61.3 Å². The molecule has 3 N–H and O–H groups in total. The van der Waals surface area contributed by atoms with Gasteiger partial charge in [-0.05, 0) is 73.2 Å². The van der Waals surface area contributed by atoms with Crippen LogP contribution in [0.5, 0.6) is 5.75 Å². The number of thiophene rings is 1. The standard InChI is InChI=1S/C29H25F2N5O4S/c1-14-20(12-33-36(14)2)19-11-21(26(30)31)34-29-23(19)24(25(41-29)27(32)37)35-28(38)22-9-8-18(40-22)13-39-17-7-6-15-4-3-5-16(15)10-17/h6-12,26H,3-5,13H2,1-2H3,(H2,32,37)(H,35,38). The van der Waals surface area contributed by atoms with Crippen molar-refractivity contribution in [3.8, 4) is 16.9 Å². The van der Waals surface area contributed by atoms with E-state index in [9.17, 15) is 18.4 Å². The molecule has 210 valence electrons. The van der Waals surface area contributed by atoms with E-state index in [1.807, 2.05) is 12.1 Å². The third-order valence-electron chi connectivity index (χ3n) is 7.23.